The molecule has 6 heteroatoms. The lowest BCUT2D eigenvalue weighted by Crippen LogP contribution is -2.39. The Morgan fingerprint density at radius 3 is 2.62 bits per heavy atom. The van der Waals surface area contributed by atoms with Crippen molar-refractivity contribution in [2.24, 2.45) is 5.10 Å². The summed E-state index contributed by atoms with van der Waals surface area (Å²) in [7, 11) is 1.64. The summed E-state index contributed by atoms with van der Waals surface area (Å²) >= 11 is 1.44. The van der Waals surface area contributed by atoms with Crippen molar-refractivity contribution in [1.29, 1.82) is 0 Å². The van der Waals surface area contributed by atoms with E-state index in [0.29, 0.717) is 0 Å². The summed E-state index contributed by atoms with van der Waals surface area (Å²) in [5, 5.41) is 8.23. The molecule has 0 fully saturated rings. The van der Waals surface area contributed by atoms with Crippen molar-refractivity contribution in [2.45, 2.75) is 18.7 Å². The third-order valence-electron chi connectivity index (χ3n) is 4.32. The quantitative estimate of drug-likeness (QED) is 0.882. The first-order chi connectivity index (χ1) is 11.5. The Morgan fingerprint density at radius 2 is 1.92 bits per heavy atom. The van der Waals surface area contributed by atoms with E-state index >= 15 is 0 Å². The minimum atomic E-state index is -0.888. The molecule has 0 saturated carbocycles. The number of amides is 1. The van der Waals surface area contributed by atoms with Crippen molar-refractivity contribution in [1.82, 2.24) is 5.43 Å². The first-order valence-corrected chi connectivity index (χ1v) is 8.46. The molecule has 0 aliphatic carbocycles. The Morgan fingerprint density at radius 1 is 1.17 bits per heavy atom. The van der Waals surface area contributed by atoms with Crippen LogP contribution in [0.4, 0.5) is 5.69 Å². The molecule has 24 heavy (non-hydrogen) atoms. The minimum Gasteiger partial charge on any atom is -0.497 e. The topological polar surface area (TPSA) is 62.7 Å². The number of nitrogens with zero attached hydrogens (tertiary/aromatic N) is 1. The molecule has 2 aromatic rings. The van der Waals surface area contributed by atoms with Gasteiger partial charge < -0.3 is 10.1 Å². The third-order valence-corrected chi connectivity index (χ3v) is 5.64. The van der Waals surface area contributed by atoms with E-state index < -0.39 is 4.87 Å². The minimum absolute atomic E-state index is 0.0801. The van der Waals surface area contributed by atoms with Gasteiger partial charge in [0.15, 0.2) is 0 Å². The van der Waals surface area contributed by atoms with Gasteiger partial charge in [-0.15, -0.1) is 0 Å². The zero-order chi connectivity index (χ0) is 16.9. The van der Waals surface area contributed by atoms with E-state index in [0.717, 1.165) is 38.7 Å². The van der Waals surface area contributed by atoms with Crippen LogP contribution in [-0.2, 0) is 9.67 Å². The normalized spacial score (nSPS) is 21.3. The summed E-state index contributed by atoms with van der Waals surface area (Å²) in [6.45, 7) is 4.05. The number of anilines is 1. The molecule has 1 amide bonds. The highest BCUT2D eigenvalue weighted by atomic mass is 32.2. The second-order valence-corrected chi connectivity index (χ2v) is 7.20. The molecule has 2 aliphatic heterocycles. The molecule has 2 aliphatic rings. The number of aryl methyl sites for hydroxylation is 2. The van der Waals surface area contributed by atoms with Gasteiger partial charge in [-0.05, 0) is 43.7 Å². The van der Waals surface area contributed by atoms with Gasteiger partial charge in [-0.2, -0.15) is 5.10 Å². The number of hydrazone groups is 1. The number of carbonyl (C=O) groups excluding carboxylic acids is 1. The van der Waals surface area contributed by atoms with Crippen LogP contribution in [0.1, 0.15) is 22.3 Å². The predicted molar refractivity (Wildman–Crippen MR) is 96.5 cm³/mol. The molecule has 2 aromatic carbocycles. The van der Waals surface area contributed by atoms with Crippen molar-refractivity contribution < 1.29 is 9.53 Å². The van der Waals surface area contributed by atoms with Crippen molar-refractivity contribution in [3.63, 3.8) is 0 Å². The Labute approximate surface area is 144 Å². The second-order valence-electron chi connectivity index (χ2n) is 6.00. The monoisotopic (exact) mass is 339 g/mol. The lowest BCUT2D eigenvalue weighted by atomic mass is 10.0. The first-order valence-electron chi connectivity index (χ1n) is 7.65. The second kappa shape index (κ2) is 5.27. The molecule has 0 aromatic heterocycles. The molecule has 1 atom stereocenters. The summed E-state index contributed by atoms with van der Waals surface area (Å²) < 4.78 is 5.19. The van der Waals surface area contributed by atoms with Crippen LogP contribution in [0.3, 0.4) is 0 Å². The van der Waals surface area contributed by atoms with E-state index in [2.05, 4.69) is 21.9 Å². The number of carbonyl (C=O) groups is 1. The van der Waals surface area contributed by atoms with Gasteiger partial charge in [0, 0.05) is 11.1 Å². The molecule has 1 spiro atoms. The van der Waals surface area contributed by atoms with Crippen molar-refractivity contribution in [3.8, 4) is 5.75 Å². The van der Waals surface area contributed by atoms with Gasteiger partial charge in [0.25, 0.3) is 5.91 Å². The van der Waals surface area contributed by atoms with Crippen LogP contribution in [0.25, 0.3) is 0 Å². The van der Waals surface area contributed by atoms with Gasteiger partial charge in [-0.1, -0.05) is 29.5 Å². The smallest absolute Gasteiger partial charge is 0.267 e. The molecule has 122 valence electrons. The lowest BCUT2D eigenvalue weighted by molar-refractivity contribution is -0.118. The lowest BCUT2D eigenvalue weighted by Gasteiger charge is -2.20. The van der Waals surface area contributed by atoms with Crippen molar-refractivity contribution in [2.75, 3.05) is 12.4 Å². The molecular weight excluding hydrogens is 322 g/mol. The highest BCUT2D eigenvalue weighted by Crippen LogP contribution is 2.49. The van der Waals surface area contributed by atoms with Crippen LogP contribution in [-0.4, -0.2) is 18.1 Å². The van der Waals surface area contributed by atoms with Crippen LogP contribution >= 0.6 is 11.8 Å². The van der Waals surface area contributed by atoms with E-state index in [1.54, 1.807) is 7.11 Å². The standard InChI is InChI=1S/C18H17N3O2S/c1-10-8-11(2)15-14(9-10)18(17(22)19-15)21-20-16(24-18)12-4-6-13(23-3)7-5-12/h4-9,21H,1-3H3,(H,19,22). The van der Waals surface area contributed by atoms with E-state index in [-0.39, 0.29) is 5.91 Å². The highest BCUT2D eigenvalue weighted by molar-refractivity contribution is 8.16. The third kappa shape index (κ3) is 2.10. The molecule has 2 N–H and O–H groups in total. The fourth-order valence-corrected chi connectivity index (χ4v) is 4.27. The van der Waals surface area contributed by atoms with E-state index in [4.69, 9.17) is 4.74 Å². The van der Waals surface area contributed by atoms with Gasteiger partial charge in [-0.3, -0.25) is 10.2 Å². The van der Waals surface area contributed by atoms with Gasteiger partial charge >= 0.3 is 0 Å². The Hall–Kier alpha value is -2.47. The van der Waals surface area contributed by atoms with Crippen LogP contribution in [0.15, 0.2) is 41.5 Å². The van der Waals surface area contributed by atoms with E-state index in [1.165, 1.54) is 11.8 Å². The fourth-order valence-electron chi connectivity index (χ4n) is 3.12. The van der Waals surface area contributed by atoms with Gasteiger partial charge in [0.1, 0.15) is 10.8 Å². The predicted octanol–water partition coefficient (Wildman–Crippen LogP) is 3.12. The zero-order valence-electron chi connectivity index (χ0n) is 13.6. The molecule has 2 heterocycles. The summed E-state index contributed by atoms with van der Waals surface area (Å²) in [5.74, 6) is 0.712. The average Bonchev–Trinajstić information content (AvgIpc) is 3.13. The Kier molecular flexibility index (Phi) is 3.31. The summed E-state index contributed by atoms with van der Waals surface area (Å²) in [5.41, 5.74) is 8.06. The molecule has 4 rings (SSSR count). The molecule has 0 radical (unpaired) electrons. The summed E-state index contributed by atoms with van der Waals surface area (Å²) in [4.78, 5) is 11.8. The molecule has 5 nitrogen and oxygen atoms in total. The summed E-state index contributed by atoms with van der Waals surface area (Å²) in [6.07, 6.45) is 0. The Balaban J connectivity index is 1.71. The van der Waals surface area contributed by atoms with Crippen LogP contribution in [0.5, 0.6) is 5.75 Å². The van der Waals surface area contributed by atoms with Crippen LogP contribution < -0.4 is 15.5 Å². The van der Waals surface area contributed by atoms with Crippen LogP contribution in [0, 0.1) is 13.8 Å². The molecule has 0 saturated heterocycles. The number of thioether (sulfide) groups is 1. The largest absolute Gasteiger partial charge is 0.497 e. The van der Waals surface area contributed by atoms with Gasteiger partial charge in [-0.25, -0.2) is 0 Å². The number of nitrogens with one attached hydrogen (secondary N) is 2. The number of hydrogen-bond donors (Lipinski definition) is 2. The first kappa shape index (κ1) is 15.1. The van der Waals surface area contributed by atoms with Crippen molar-refractivity contribution >= 4 is 28.4 Å². The Bertz CT molecular complexity index is 877. The van der Waals surface area contributed by atoms with E-state index in [9.17, 15) is 4.79 Å². The van der Waals surface area contributed by atoms with Gasteiger partial charge in [0.2, 0.25) is 4.87 Å². The summed E-state index contributed by atoms with van der Waals surface area (Å²) in [6, 6.07) is 11.8. The number of benzene rings is 2. The SMILES string of the molecule is COc1ccc(C2=NNC3(S2)C(=O)Nc2c(C)cc(C)cc23)cc1. The number of ether oxygens (including phenoxy) is 1. The molecular formula is C18H17N3O2S. The zero-order valence-corrected chi connectivity index (χ0v) is 14.5. The maximum Gasteiger partial charge on any atom is 0.267 e. The maximum absolute atomic E-state index is 12.7. The van der Waals surface area contributed by atoms with Crippen molar-refractivity contribution in [3.05, 3.63) is 58.7 Å². The number of hydrogen-bond acceptors (Lipinski definition) is 5. The maximum atomic E-state index is 12.7. The highest BCUT2D eigenvalue weighted by Gasteiger charge is 2.52. The number of rotatable bonds is 2. The van der Waals surface area contributed by atoms with Gasteiger partial charge in [0.05, 0.1) is 12.8 Å². The van der Waals surface area contributed by atoms with Crippen LogP contribution in [0.2, 0.25) is 0 Å². The average molecular weight is 339 g/mol. The molecule has 1 unspecified atom stereocenters. The molecule has 0 bridgehead atoms. The van der Waals surface area contributed by atoms with E-state index in [1.807, 2.05) is 44.2 Å². The number of fused-ring (bicyclic) bond motifs is 2. The number of methoxy groups -OCH3 is 1. The fraction of sp³-hybridized carbons (Fsp3) is 0.222.